The Morgan fingerprint density at radius 2 is 1.78 bits per heavy atom. The number of nitrogens with one attached hydrogen (secondary N) is 2. The summed E-state index contributed by atoms with van der Waals surface area (Å²) in [5.74, 6) is 0.513. The zero-order valence-corrected chi connectivity index (χ0v) is 20.2. The SMILES string of the molecule is Cc1cc(OCC(=O)Nc2ccc(S(=O)(=O)Nc3ncccn3)cc2)c(C(C)C)cc1Br. The lowest BCUT2D eigenvalue weighted by atomic mass is 10.0. The number of carbonyl (C=O) groups is 1. The standard InChI is InChI=1S/C22H23BrN4O4S/c1-14(2)18-12-19(23)15(3)11-20(18)31-13-21(28)26-16-5-7-17(8-6-16)32(29,30)27-22-24-9-4-10-25-22/h4-12,14H,13H2,1-3H3,(H,26,28)(H,24,25,27). The molecule has 8 nitrogen and oxygen atoms in total. The third-order valence-corrected chi connectivity index (χ3v) is 6.71. The van der Waals surface area contributed by atoms with E-state index in [2.05, 4.69) is 49.8 Å². The maximum absolute atomic E-state index is 12.4. The lowest BCUT2D eigenvalue weighted by molar-refractivity contribution is -0.118. The van der Waals surface area contributed by atoms with Crippen LogP contribution in [-0.4, -0.2) is 30.9 Å². The highest BCUT2D eigenvalue weighted by Gasteiger charge is 2.16. The van der Waals surface area contributed by atoms with Crippen molar-refractivity contribution in [2.75, 3.05) is 16.6 Å². The number of amides is 1. The van der Waals surface area contributed by atoms with Crippen molar-refractivity contribution < 1.29 is 17.9 Å². The number of rotatable bonds is 8. The van der Waals surface area contributed by atoms with Gasteiger partial charge in [-0.25, -0.2) is 23.1 Å². The summed E-state index contributed by atoms with van der Waals surface area (Å²) in [6, 6.07) is 11.3. The van der Waals surface area contributed by atoms with Gasteiger partial charge in [0.2, 0.25) is 5.95 Å². The maximum Gasteiger partial charge on any atom is 0.264 e. The molecule has 1 heterocycles. The van der Waals surface area contributed by atoms with Crippen LogP contribution in [0.4, 0.5) is 11.6 Å². The molecule has 0 radical (unpaired) electrons. The molecule has 0 bridgehead atoms. The molecule has 0 atom stereocenters. The van der Waals surface area contributed by atoms with E-state index in [0.29, 0.717) is 11.4 Å². The van der Waals surface area contributed by atoms with Gasteiger partial charge in [0.1, 0.15) is 5.75 Å². The molecular weight excluding hydrogens is 496 g/mol. The minimum absolute atomic E-state index is 0.0196. The van der Waals surface area contributed by atoms with Crippen molar-refractivity contribution in [3.8, 4) is 5.75 Å². The van der Waals surface area contributed by atoms with Gasteiger partial charge in [-0.15, -0.1) is 0 Å². The van der Waals surface area contributed by atoms with E-state index in [1.54, 1.807) is 6.07 Å². The van der Waals surface area contributed by atoms with E-state index in [0.717, 1.165) is 15.6 Å². The summed E-state index contributed by atoms with van der Waals surface area (Å²) >= 11 is 3.52. The Balaban J connectivity index is 1.62. The number of anilines is 2. The van der Waals surface area contributed by atoms with Crippen molar-refractivity contribution in [1.29, 1.82) is 0 Å². The predicted octanol–water partition coefficient (Wildman–Crippen LogP) is 4.49. The Kier molecular flexibility index (Phi) is 7.47. The monoisotopic (exact) mass is 518 g/mol. The number of aryl methyl sites for hydroxylation is 1. The first-order chi connectivity index (χ1) is 15.2. The average Bonchev–Trinajstić information content (AvgIpc) is 2.75. The number of hydrogen-bond acceptors (Lipinski definition) is 6. The number of benzene rings is 2. The van der Waals surface area contributed by atoms with Gasteiger partial charge in [-0.3, -0.25) is 4.79 Å². The van der Waals surface area contributed by atoms with Crippen molar-refractivity contribution in [3.05, 3.63) is 70.5 Å². The highest BCUT2D eigenvalue weighted by atomic mass is 79.9. The molecule has 0 aliphatic rings. The normalized spacial score (nSPS) is 11.3. The molecule has 0 aliphatic carbocycles. The smallest absolute Gasteiger partial charge is 0.264 e. The van der Waals surface area contributed by atoms with Gasteiger partial charge in [0.05, 0.1) is 4.90 Å². The third-order valence-electron chi connectivity index (χ3n) is 4.51. The number of aromatic nitrogens is 2. The molecule has 10 heteroatoms. The summed E-state index contributed by atoms with van der Waals surface area (Å²) in [7, 11) is -3.84. The van der Waals surface area contributed by atoms with E-state index in [-0.39, 0.29) is 29.3 Å². The first-order valence-corrected chi connectivity index (χ1v) is 12.1. The number of carbonyl (C=O) groups excluding carboxylic acids is 1. The van der Waals surface area contributed by atoms with Crippen LogP contribution in [0.1, 0.15) is 30.9 Å². The number of sulfonamides is 1. The molecule has 0 fully saturated rings. The second kappa shape index (κ2) is 10.1. The molecule has 32 heavy (non-hydrogen) atoms. The summed E-state index contributed by atoms with van der Waals surface area (Å²) in [5.41, 5.74) is 2.46. The first kappa shape index (κ1) is 23.7. The van der Waals surface area contributed by atoms with Crippen LogP contribution in [0.3, 0.4) is 0 Å². The molecule has 0 unspecified atom stereocenters. The molecule has 168 valence electrons. The zero-order chi connectivity index (χ0) is 23.3. The van der Waals surface area contributed by atoms with E-state index in [4.69, 9.17) is 4.74 Å². The molecule has 1 aromatic heterocycles. The molecule has 2 N–H and O–H groups in total. The van der Waals surface area contributed by atoms with Gasteiger partial charge in [-0.2, -0.15) is 0 Å². The van der Waals surface area contributed by atoms with Gasteiger partial charge in [0.15, 0.2) is 6.61 Å². The van der Waals surface area contributed by atoms with Gasteiger partial charge < -0.3 is 10.1 Å². The Morgan fingerprint density at radius 3 is 2.41 bits per heavy atom. The van der Waals surface area contributed by atoms with E-state index in [9.17, 15) is 13.2 Å². The Bertz CT molecular complexity index is 1200. The fourth-order valence-corrected chi connectivity index (χ4v) is 4.15. The molecule has 0 spiro atoms. The second-order valence-electron chi connectivity index (χ2n) is 7.33. The first-order valence-electron chi connectivity index (χ1n) is 9.78. The number of hydrogen-bond donors (Lipinski definition) is 2. The van der Waals surface area contributed by atoms with Crippen molar-refractivity contribution >= 4 is 43.5 Å². The van der Waals surface area contributed by atoms with E-state index >= 15 is 0 Å². The summed E-state index contributed by atoms with van der Waals surface area (Å²) in [4.78, 5) is 20.1. The largest absolute Gasteiger partial charge is 0.483 e. The molecular formula is C22H23BrN4O4S. The second-order valence-corrected chi connectivity index (χ2v) is 9.87. The minimum Gasteiger partial charge on any atom is -0.483 e. The lowest BCUT2D eigenvalue weighted by Gasteiger charge is -2.16. The van der Waals surface area contributed by atoms with Crippen LogP contribution < -0.4 is 14.8 Å². The molecule has 3 aromatic rings. The highest BCUT2D eigenvalue weighted by Crippen LogP contribution is 2.32. The molecule has 0 saturated carbocycles. The summed E-state index contributed by atoms with van der Waals surface area (Å²) in [5, 5.41) is 2.70. The van der Waals surface area contributed by atoms with Gasteiger partial charge in [-0.1, -0.05) is 29.8 Å². The number of ether oxygens (including phenoxy) is 1. The maximum atomic E-state index is 12.4. The van der Waals surface area contributed by atoms with Crippen LogP contribution in [0.2, 0.25) is 0 Å². The van der Waals surface area contributed by atoms with Crippen LogP contribution in [0.15, 0.2) is 64.2 Å². The van der Waals surface area contributed by atoms with Crippen LogP contribution in [0.25, 0.3) is 0 Å². The van der Waals surface area contributed by atoms with Crippen molar-refractivity contribution in [2.24, 2.45) is 0 Å². The molecule has 1 amide bonds. The molecule has 2 aromatic carbocycles. The number of halogens is 1. The quantitative estimate of drug-likeness (QED) is 0.454. The Morgan fingerprint density at radius 1 is 1.12 bits per heavy atom. The number of nitrogens with zero attached hydrogens (tertiary/aromatic N) is 2. The highest BCUT2D eigenvalue weighted by molar-refractivity contribution is 9.10. The van der Waals surface area contributed by atoms with E-state index in [1.165, 1.54) is 36.7 Å². The Hall–Kier alpha value is -2.98. The van der Waals surface area contributed by atoms with Gasteiger partial charge in [0.25, 0.3) is 15.9 Å². The van der Waals surface area contributed by atoms with Crippen LogP contribution in [0.5, 0.6) is 5.75 Å². The zero-order valence-electron chi connectivity index (χ0n) is 17.8. The van der Waals surface area contributed by atoms with Crippen LogP contribution in [-0.2, 0) is 14.8 Å². The summed E-state index contributed by atoms with van der Waals surface area (Å²) in [6.07, 6.45) is 2.87. The van der Waals surface area contributed by atoms with Crippen LogP contribution in [0, 0.1) is 6.92 Å². The van der Waals surface area contributed by atoms with Gasteiger partial charge in [0, 0.05) is 22.6 Å². The topological polar surface area (TPSA) is 110 Å². The Labute approximate surface area is 195 Å². The summed E-state index contributed by atoms with van der Waals surface area (Å²) < 4.78 is 33.9. The minimum atomic E-state index is -3.84. The fraction of sp³-hybridized carbons (Fsp3) is 0.227. The fourth-order valence-electron chi connectivity index (χ4n) is 2.84. The predicted molar refractivity (Wildman–Crippen MR) is 126 cm³/mol. The van der Waals surface area contributed by atoms with Crippen molar-refractivity contribution in [1.82, 2.24) is 9.97 Å². The van der Waals surface area contributed by atoms with E-state index in [1.807, 2.05) is 19.1 Å². The van der Waals surface area contributed by atoms with Crippen molar-refractivity contribution in [2.45, 2.75) is 31.6 Å². The molecule has 0 aliphatic heterocycles. The lowest BCUT2D eigenvalue weighted by Crippen LogP contribution is -2.21. The molecule has 3 rings (SSSR count). The third kappa shape index (κ3) is 6.04. The van der Waals surface area contributed by atoms with Gasteiger partial charge in [-0.05, 0) is 66.4 Å². The van der Waals surface area contributed by atoms with Crippen LogP contribution >= 0.6 is 15.9 Å². The molecule has 0 saturated heterocycles. The summed E-state index contributed by atoms with van der Waals surface area (Å²) in [6.45, 7) is 5.89. The average molecular weight is 519 g/mol. The van der Waals surface area contributed by atoms with E-state index < -0.39 is 10.0 Å². The van der Waals surface area contributed by atoms with Crippen molar-refractivity contribution in [3.63, 3.8) is 0 Å². The van der Waals surface area contributed by atoms with Gasteiger partial charge >= 0.3 is 0 Å².